The molecule has 0 unspecified atom stereocenters. The summed E-state index contributed by atoms with van der Waals surface area (Å²) in [7, 11) is 4.44. The number of hydrogen-bond acceptors (Lipinski definition) is 8. The number of carbonyl (C=O) groups is 2. The number of amides is 2. The molecule has 198 valence electrons. The highest BCUT2D eigenvalue weighted by Crippen LogP contribution is 2.40. The average Bonchev–Trinajstić information content (AvgIpc) is 3.24. The van der Waals surface area contributed by atoms with Crippen molar-refractivity contribution in [2.75, 3.05) is 32.0 Å². The summed E-state index contributed by atoms with van der Waals surface area (Å²) in [5, 5.41) is 6.33. The molecule has 0 aliphatic heterocycles. The van der Waals surface area contributed by atoms with Crippen LogP contribution in [0.5, 0.6) is 17.2 Å². The number of halogens is 1. The van der Waals surface area contributed by atoms with Gasteiger partial charge < -0.3 is 24.8 Å². The minimum Gasteiger partial charge on any atom is -0.493 e. The number of nitrogens with zero attached hydrogens (tertiary/aromatic N) is 2. The minimum atomic E-state index is -0.431. The number of thiophene rings is 1. The van der Waals surface area contributed by atoms with Crippen LogP contribution >= 0.6 is 22.9 Å². The molecule has 0 fully saturated rings. The lowest BCUT2D eigenvalue weighted by Gasteiger charge is -2.14. The van der Waals surface area contributed by atoms with Crippen molar-refractivity contribution in [1.82, 2.24) is 9.55 Å². The van der Waals surface area contributed by atoms with Gasteiger partial charge in [-0.15, -0.1) is 11.3 Å². The van der Waals surface area contributed by atoms with Crippen LogP contribution in [0, 0.1) is 13.8 Å². The first-order valence-corrected chi connectivity index (χ1v) is 12.5. The van der Waals surface area contributed by atoms with E-state index in [-0.39, 0.29) is 11.9 Å². The van der Waals surface area contributed by atoms with Crippen LogP contribution in [0.4, 0.5) is 11.4 Å². The van der Waals surface area contributed by atoms with E-state index in [9.17, 15) is 14.4 Å². The maximum atomic E-state index is 13.2. The van der Waals surface area contributed by atoms with Crippen molar-refractivity contribution < 1.29 is 23.8 Å². The molecule has 0 atom stereocenters. The summed E-state index contributed by atoms with van der Waals surface area (Å²) >= 11 is 7.21. The highest BCUT2D eigenvalue weighted by atomic mass is 35.5. The van der Waals surface area contributed by atoms with E-state index in [1.807, 2.05) is 6.92 Å². The van der Waals surface area contributed by atoms with E-state index in [1.54, 1.807) is 37.3 Å². The van der Waals surface area contributed by atoms with Crippen molar-refractivity contribution in [1.29, 1.82) is 0 Å². The quantitative estimate of drug-likeness (QED) is 0.324. The number of carbonyl (C=O) groups excluding carboxylic acids is 2. The van der Waals surface area contributed by atoms with Crippen LogP contribution in [0.25, 0.3) is 10.2 Å². The zero-order valence-corrected chi connectivity index (χ0v) is 22.9. The Morgan fingerprint density at radius 3 is 2.29 bits per heavy atom. The molecule has 2 amide bonds. The highest BCUT2D eigenvalue weighted by Gasteiger charge is 2.22. The first-order chi connectivity index (χ1) is 18.2. The molecule has 0 saturated heterocycles. The van der Waals surface area contributed by atoms with Crippen LogP contribution < -0.4 is 30.4 Å². The Balaban J connectivity index is 1.59. The van der Waals surface area contributed by atoms with Gasteiger partial charge in [-0.3, -0.25) is 19.0 Å². The number of aryl methyl sites for hydroxylation is 2. The average molecular weight is 557 g/mol. The third-order valence-electron chi connectivity index (χ3n) is 5.82. The molecule has 2 N–H and O–H groups in total. The zero-order chi connectivity index (χ0) is 27.6. The van der Waals surface area contributed by atoms with Crippen molar-refractivity contribution >= 4 is 56.3 Å². The molecule has 38 heavy (non-hydrogen) atoms. The molecular formula is C26H25ClN4O6S. The lowest BCUT2D eigenvalue weighted by atomic mass is 10.2. The largest absolute Gasteiger partial charge is 0.493 e. The van der Waals surface area contributed by atoms with E-state index in [1.165, 1.54) is 32.2 Å². The first-order valence-electron chi connectivity index (χ1n) is 11.3. The van der Waals surface area contributed by atoms with Gasteiger partial charge in [0, 0.05) is 28.5 Å². The second kappa shape index (κ2) is 11.1. The summed E-state index contributed by atoms with van der Waals surface area (Å²) in [6, 6.07) is 8.36. The van der Waals surface area contributed by atoms with E-state index >= 15 is 0 Å². The number of methoxy groups -OCH3 is 3. The minimum absolute atomic E-state index is 0.254. The van der Waals surface area contributed by atoms with Crippen LogP contribution in [0.15, 0.2) is 41.5 Å². The van der Waals surface area contributed by atoms with Crippen molar-refractivity contribution in [2.45, 2.75) is 20.4 Å². The van der Waals surface area contributed by atoms with E-state index in [0.29, 0.717) is 48.9 Å². The molecule has 10 nitrogen and oxygen atoms in total. The molecule has 2 aromatic carbocycles. The second-order valence-corrected chi connectivity index (χ2v) is 9.70. The number of nitrogens with one attached hydrogen (secondary N) is 2. The molecule has 0 bridgehead atoms. The Morgan fingerprint density at radius 1 is 1.00 bits per heavy atom. The van der Waals surface area contributed by atoms with Gasteiger partial charge in [0.25, 0.3) is 11.5 Å². The monoisotopic (exact) mass is 556 g/mol. The van der Waals surface area contributed by atoms with Crippen LogP contribution in [0.2, 0.25) is 5.02 Å². The summed E-state index contributed by atoms with van der Waals surface area (Å²) in [5.41, 5.74) is 1.86. The van der Waals surface area contributed by atoms with Gasteiger partial charge in [0.05, 0.1) is 37.9 Å². The van der Waals surface area contributed by atoms with Gasteiger partial charge >= 0.3 is 0 Å². The predicted molar refractivity (Wildman–Crippen MR) is 147 cm³/mol. The Bertz CT molecular complexity index is 1590. The summed E-state index contributed by atoms with van der Waals surface area (Å²) in [6.07, 6.45) is 1.29. The van der Waals surface area contributed by atoms with E-state index in [2.05, 4.69) is 15.6 Å². The van der Waals surface area contributed by atoms with Crippen LogP contribution in [-0.2, 0) is 11.3 Å². The standard InChI is InChI=1S/C26H25ClN4O6S/c1-13-6-7-15(8-17(13)27)29-20(32)11-31-12-28-25-21(26(31)34)14(2)23(38-25)24(33)30-16-9-18(35-3)22(37-5)19(10-16)36-4/h6-10,12H,11H2,1-5H3,(H,29,32)(H,30,33). The van der Waals surface area contributed by atoms with E-state index in [0.717, 1.165) is 16.9 Å². The molecule has 2 aromatic heterocycles. The predicted octanol–water partition coefficient (Wildman–Crippen LogP) is 4.65. The molecular weight excluding hydrogens is 532 g/mol. The van der Waals surface area contributed by atoms with Crippen molar-refractivity contribution in [3.8, 4) is 17.2 Å². The normalized spacial score (nSPS) is 10.8. The van der Waals surface area contributed by atoms with Crippen LogP contribution in [0.3, 0.4) is 0 Å². The number of anilines is 2. The summed E-state index contributed by atoms with van der Waals surface area (Å²) in [4.78, 5) is 44.0. The lowest BCUT2D eigenvalue weighted by molar-refractivity contribution is -0.116. The number of aromatic nitrogens is 2. The first kappa shape index (κ1) is 27.0. The number of rotatable bonds is 8. The van der Waals surface area contributed by atoms with Crippen molar-refractivity contribution in [3.63, 3.8) is 0 Å². The van der Waals surface area contributed by atoms with Crippen LogP contribution in [0.1, 0.15) is 20.8 Å². The van der Waals surface area contributed by atoms with Gasteiger partial charge in [0.1, 0.15) is 11.4 Å². The van der Waals surface area contributed by atoms with E-state index < -0.39 is 17.4 Å². The lowest BCUT2D eigenvalue weighted by Crippen LogP contribution is -2.28. The van der Waals surface area contributed by atoms with Crippen molar-refractivity contribution in [2.24, 2.45) is 0 Å². The zero-order valence-electron chi connectivity index (χ0n) is 21.3. The SMILES string of the molecule is COc1cc(NC(=O)c2sc3ncn(CC(=O)Nc4ccc(C)c(Cl)c4)c(=O)c3c2C)cc(OC)c1OC. The molecule has 0 aliphatic rings. The van der Waals surface area contributed by atoms with Gasteiger partial charge in [-0.25, -0.2) is 4.98 Å². The van der Waals surface area contributed by atoms with Crippen molar-refractivity contribution in [3.05, 3.63) is 68.0 Å². The van der Waals surface area contributed by atoms with Crippen LogP contribution in [-0.4, -0.2) is 42.7 Å². The number of hydrogen-bond donors (Lipinski definition) is 2. The second-order valence-electron chi connectivity index (χ2n) is 8.29. The molecule has 2 heterocycles. The highest BCUT2D eigenvalue weighted by molar-refractivity contribution is 7.20. The fraction of sp³-hybridized carbons (Fsp3) is 0.231. The molecule has 0 radical (unpaired) electrons. The molecule has 0 saturated carbocycles. The Labute approximate surface area is 227 Å². The summed E-state index contributed by atoms with van der Waals surface area (Å²) in [6.45, 7) is 3.27. The molecule has 12 heteroatoms. The molecule has 4 rings (SSSR count). The number of fused-ring (bicyclic) bond motifs is 1. The van der Waals surface area contributed by atoms with Gasteiger partial charge in [0.15, 0.2) is 11.5 Å². The van der Waals surface area contributed by atoms with Gasteiger partial charge in [-0.05, 0) is 37.1 Å². The van der Waals surface area contributed by atoms with Gasteiger partial charge in [0.2, 0.25) is 11.7 Å². The third-order valence-corrected chi connectivity index (χ3v) is 7.42. The molecule has 0 aliphatic carbocycles. The maximum absolute atomic E-state index is 13.2. The van der Waals surface area contributed by atoms with E-state index in [4.69, 9.17) is 25.8 Å². The number of ether oxygens (including phenoxy) is 3. The molecule has 4 aromatic rings. The topological polar surface area (TPSA) is 121 Å². The fourth-order valence-electron chi connectivity index (χ4n) is 3.86. The third kappa shape index (κ3) is 5.29. The maximum Gasteiger partial charge on any atom is 0.266 e. The van der Waals surface area contributed by atoms with Gasteiger partial charge in [-0.1, -0.05) is 17.7 Å². The Hall–Kier alpha value is -4.09. The van der Waals surface area contributed by atoms with Gasteiger partial charge in [-0.2, -0.15) is 0 Å². The Kier molecular flexibility index (Phi) is 7.88. The smallest absolute Gasteiger partial charge is 0.266 e. The summed E-state index contributed by atoms with van der Waals surface area (Å²) in [5.74, 6) is 0.309. The summed E-state index contributed by atoms with van der Waals surface area (Å²) < 4.78 is 17.2. The number of benzene rings is 2. The fourth-order valence-corrected chi connectivity index (χ4v) is 5.07. The Morgan fingerprint density at radius 2 is 1.68 bits per heavy atom. The molecule has 0 spiro atoms.